The lowest BCUT2D eigenvalue weighted by Crippen LogP contribution is -1.99. The highest BCUT2D eigenvalue weighted by Gasteiger charge is 2.05. The lowest BCUT2D eigenvalue weighted by Gasteiger charge is -2.10. The number of para-hydroxylation sites is 1. The molecule has 88 valence electrons. The zero-order valence-electron chi connectivity index (χ0n) is 8.99. The summed E-state index contributed by atoms with van der Waals surface area (Å²) in [5, 5.41) is 0. The summed E-state index contributed by atoms with van der Waals surface area (Å²) in [6.07, 6.45) is 0. The van der Waals surface area contributed by atoms with E-state index in [0.29, 0.717) is 18.0 Å². The third-order valence-electron chi connectivity index (χ3n) is 2.29. The van der Waals surface area contributed by atoms with Gasteiger partial charge in [0.05, 0.1) is 10.2 Å². The van der Waals surface area contributed by atoms with Crippen molar-refractivity contribution in [2.45, 2.75) is 6.61 Å². The van der Waals surface area contributed by atoms with Gasteiger partial charge in [-0.1, -0.05) is 18.2 Å². The Hall–Kier alpha value is -1.55. The number of ether oxygens (including phenoxy) is 1. The Morgan fingerprint density at radius 3 is 2.47 bits per heavy atom. The topological polar surface area (TPSA) is 35.2 Å². The predicted molar refractivity (Wildman–Crippen MR) is 69.3 cm³/mol. The van der Waals surface area contributed by atoms with E-state index in [-0.39, 0.29) is 5.82 Å². The van der Waals surface area contributed by atoms with E-state index in [1.54, 1.807) is 18.2 Å². The van der Waals surface area contributed by atoms with Crippen LogP contribution in [0.4, 0.5) is 10.1 Å². The molecular formula is C13H11BrFNO. The van der Waals surface area contributed by atoms with Crippen LogP contribution in [0.2, 0.25) is 0 Å². The second kappa shape index (κ2) is 5.19. The number of benzene rings is 2. The van der Waals surface area contributed by atoms with E-state index in [2.05, 4.69) is 15.9 Å². The van der Waals surface area contributed by atoms with Crippen LogP contribution in [-0.4, -0.2) is 0 Å². The molecule has 0 heterocycles. The molecule has 0 aliphatic heterocycles. The SMILES string of the molecule is Nc1cccc(Br)c1OCc1ccc(F)cc1. The minimum absolute atomic E-state index is 0.255. The Kier molecular flexibility index (Phi) is 3.64. The minimum Gasteiger partial charge on any atom is -0.486 e. The summed E-state index contributed by atoms with van der Waals surface area (Å²) in [7, 11) is 0. The molecule has 0 spiro atoms. The number of nitrogens with two attached hydrogens (primary N) is 1. The van der Waals surface area contributed by atoms with Gasteiger partial charge in [-0.05, 0) is 45.8 Å². The lowest BCUT2D eigenvalue weighted by atomic mass is 10.2. The van der Waals surface area contributed by atoms with Crippen LogP contribution in [-0.2, 0) is 6.61 Å². The Balaban J connectivity index is 2.10. The van der Waals surface area contributed by atoms with Gasteiger partial charge >= 0.3 is 0 Å². The van der Waals surface area contributed by atoms with E-state index >= 15 is 0 Å². The van der Waals surface area contributed by atoms with Crippen LogP contribution < -0.4 is 10.5 Å². The first-order valence-electron chi connectivity index (χ1n) is 5.08. The first-order chi connectivity index (χ1) is 8.16. The second-order valence-corrected chi connectivity index (χ2v) is 4.43. The average Bonchev–Trinajstić information content (AvgIpc) is 2.31. The van der Waals surface area contributed by atoms with Crippen molar-refractivity contribution in [2.24, 2.45) is 0 Å². The van der Waals surface area contributed by atoms with Crippen LogP contribution in [0.25, 0.3) is 0 Å². The molecule has 2 rings (SSSR count). The maximum atomic E-state index is 12.7. The van der Waals surface area contributed by atoms with Gasteiger partial charge in [-0.3, -0.25) is 0 Å². The van der Waals surface area contributed by atoms with Crippen LogP contribution in [0.15, 0.2) is 46.9 Å². The van der Waals surface area contributed by atoms with E-state index in [9.17, 15) is 4.39 Å². The molecule has 0 saturated heterocycles. The Morgan fingerprint density at radius 1 is 1.12 bits per heavy atom. The van der Waals surface area contributed by atoms with E-state index < -0.39 is 0 Å². The third kappa shape index (κ3) is 2.97. The van der Waals surface area contributed by atoms with Crippen molar-refractivity contribution in [3.05, 3.63) is 58.3 Å². The molecule has 4 heteroatoms. The number of hydrogen-bond donors (Lipinski definition) is 1. The second-order valence-electron chi connectivity index (χ2n) is 3.57. The summed E-state index contributed by atoms with van der Waals surface area (Å²) >= 11 is 3.37. The maximum Gasteiger partial charge on any atom is 0.156 e. The molecule has 2 aromatic rings. The van der Waals surface area contributed by atoms with Crippen LogP contribution in [0.5, 0.6) is 5.75 Å². The molecule has 0 unspecified atom stereocenters. The number of nitrogen functional groups attached to an aromatic ring is 1. The highest BCUT2D eigenvalue weighted by molar-refractivity contribution is 9.10. The molecule has 0 saturated carbocycles. The van der Waals surface area contributed by atoms with Gasteiger partial charge in [0.25, 0.3) is 0 Å². The maximum absolute atomic E-state index is 12.7. The zero-order valence-corrected chi connectivity index (χ0v) is 10.6. The fourth-order valence-corrected chi connectivity index (χ4v) is 1.91. The summed E-state index contributed by atoms with van der Waals surface area (Å²) in [5.74, 6) is 0.353. The molecule has 2 nitrogen and oxygen atoms in total. The molecule has 0 radical (unpaired) electrons. The molecule has 0 atom stereocenters. The van der Waals surface area contributed by atoms with Gasteiger partial charge in [-0.2, -0.15) is 0 Å². The molecule has 0 aliphatic carbocycles. The zero-order chi connectivity index (χ0) is 12.3. The lowest BCUT2D eigenvalue weighted by molar-refractivity contribution is 0.306. The fraction of sp³-hybridized carbons (Fsp3) is 0.0769. The largest absolute Gasteiger partial charge is 0.486 e. The van der Waals surface area contributed by atoms with Gasteiger partial charge in [-0.25, -0.2) is 4.39 Å². The summed E-state index contributed by atoms with van der Waals surface area (Å²) in [6, 6.07) is 11.6. The molecular weight excluding hydrogens is 285 g/mol. The van der Waals surface area contributed by atoms with Crippen molar-refractivity contribution in [3.8, 4) is 5.75 Å². The van der Waals surface area contributed by atoms with Gasteiger partial charge in [0.15, 0.2) is 5.75 Å². The molecule has 0 bridgehead atoms. The van der Waals surface area contributed by atoms with Gasteiger partial charge < -0.3 is 10.5 Å². The van der Waals surface area contributed by atoms with E-state index in [1.807, 2.05) is 12.1 Å². The molecule has 0 fully saturated rings. The van der Waals surface area contributed by atoms with E-state index in [1.165, 1.54) is 12.1 Å². The highest BCUT2D eigenvalue weighted by Crippen LogP contribution is 2.31. The summed E-state index contributed by atoms with van der Waals surface area (Å²) in [5.41, 5.74) is 7.26. The molecule has 17 heavy (non-hydrogen) atoms. The highest BCUT2D eigenvalue weighted by atomic mass is 79.9. The van der Waals surface area contributed by atoms with Crippen molar-refractivity contribution < 1.29 is 9.13 Å². The van der Waals surface area contributed by atoms with Crippen molar-refractivity contribution in [1.29, 1.82) is 0 Å². The Morgan fingerprint density at radius 2 is 1.82 bits per heavy atom. The van der Waals surface area contributed by atoms with Gasteiger partial charge in [0, 0.05) is 0 Å². The first kappa shape index (κ1) is 11.9. The predicted octanol–water partition coefficient (Wildman–Crippen LogP) is 3.75. The summed E-state index contributed by atoms with van der Waals surface area (Å²) in [6.45, 7) is 0.354. The van der Waals surface area contributed by atoms with Crippen molar-refractivity contribution in [1.82, 2.24) is 0 Å². The molecule has 0 aliphatic rings. The van der Waals surface area contributed by atoms with Gasteiger partial charge in [0.2, 0.25) is 0 Å². The van der Waals surface area contributed by atoms with Crippen molar-refractivity contribution >= 4 is 21.6 Å². The van der Waals surface area contributed by atoms with Crippen LogP contribution in [0, 0.1) is 5.82 Å². The van der Waals surface area contributed by atoms with Crippen LogP contribution >= 0.6 is 15.9 Å². The summed E-state index contributed by atoms with van der Waals surface area (Å²) < 4.78 is 19.1. The Bertz CT molecular complexity index is 493. The average molecular weight is 296 g/mol. The third-order valence-corrected chi connectivity index (χ3v) is 2.92. The van der Waals surface area contributed by atoms with Crippen LogP contribution in [0.3, 0.4) is 0 Å². The molecule has 2 N–H and O–H groups in total. The number of halogens is 2. The monoisotopic (exact) mass is 295 g/mol. The first-order valence-corrected chi connectivity index (χ1v) is 5.87. The minimum atomic E-state index is -0.255. The molecule has 0 amide bonds. The fourth-order valence-electron chi connectivity index (χ4n) is 1.41. The number of anilines is 1. The van der Waals surface area contributed by atoms with E-state index in [0.717, 1.165) is 10.0 Å². The standard InChI is InChI=1S/C13H11BrFNO/c14-11-2-1-3-12(16)13(11)17-8-9-4-6-10(15)7-5-9/h1-7H,8,16H2. The smallest absolute Gasteiger partial charge is 0.156 e. The quantitative estimate of drug-likeness (QED) is 0.875. The number of rotatable bonds is 3. The normalized spacial score (nSPS) is 10.2. The molecule has 2 aromatic carbocycles. The number of hydrogen-bond acceptors (Lipinski definition) is 2. The van der Waals surface area contributed by atoms with Crippen molar-refractivity contribution in [3.63, 3.8) is 0 Å². The van der Waals surface area contributed by atoms with Crippen LogP contribution in [0.1, 0.15) is 5.56 Å². The van der Waals surface area contributed by atoms with Gasteiger partial charge in [-0.15, -0.1) is 0 Å². The Labute approximate surface area is 107 Å². The van der Waals surface area contributed by atoms with Crippen molar-refractivity contribution in [2.75, 3.05) is 5.73 Å². The van der Waals surface area contributed by atoms with E-state index in [4.69, 9.17) is 10.5 Å². The summed E-state index contributed by atoms with van der Waals surface area (Å²) in [4.78, 5) is 0. The molecule has 0 aromatic heterocycles. The van der Waals surface area contributed by atoms with Gasteiger partial charge in [0.1, 0.15) is 12.4 Å².